The predicted octanol–water partition coefficient (Wildman–Crippen LogP) is 3.20. The van der Waals surface area contributed by atoms with Crippen molar-refractivity contribution >= 4 is 17.4 Å². The SMILES string of the molecule is NC(=O)N1CC(c2ccc(-c3cccs3)cc2)CC(F)(F)C1N. The smallest absolute Gasteiger partial charge is 0.316 e. The molecule has 4 N–H and O–H groups in total. The summed E-state index contributed by atoms with van der Waals surface area (Å²) in [5, 5.41) is 1.98. The summed E-state index contributed by atoms with van der Waals surface area (Å²) in [5.74, 6) is -3.65. The van der Waals surface area contributed by atoms with Crippen LogP contribution in [-0.2, 0) is 0 Å². The number of urea groups is 1. The highest BCUT2D eigenvalue weighted by atomic mass is 32.1. The maximum absolute atomic E-state index is 14.1. The van der Waals surface area contributed by atoms with Crippen molar-refractivity contribution in [2.24, 2.45) is 11.5 Å². The van der Waals surface area contributed by atoms with E-state index in [1.165, 1.54) is 0 Å². The molecule has 1 aliphatic heterocycles. The van der Waals surface area contributed by atoms with Gasteiger partial charge in [0.25, 0.3) is 5.92 Å². The maximum Gasteiger partial charge on any atom is 0.316 e. The number of piperidine rings is 1. The fourth-order valence-corrected chi connectivity index (χ4v) is 3.64. The molecule has 1 fully saturated rings. The van der Waals surface area contributed by atoms with Gasteiger partial charge in [0.15, 0.2) is 0 Å². The predicted molar refractivity (Wildman–Crippen MR) is 86.3 cm³/mol. The van der Waals surface area contributed by atoms with Gasteiger partial charge in [0.1, 0.15) is 6.17 Å². The van der Waals surface area contributed by atoms with Crippen LogP contribution in [-0.4, -0.2) is 29.6 Å². The van der Waals surface area contributed by atoms with Crippen molar-refractivity contribution in [3.8, 4) is 10.4 Å². The van der Waals surface area contributed by atoms with Gasteiger partial charge in [0.05, 0.1) is 0 Å². The van der Waals surface area contributed by atoms with E-state index >= 15 is 0 Å². The molecule has 0 radical (unpaired) electrons. The second kappa shape index (κ2) is 5.90. The number of nitrogens with two attached hydrogens (primary N) is 2. The zero-order valence-electron chi connectivity index (χ0n) is 12.3. The Labute approximate surface area is 136 Å². The van der Waals surface area contributed by atoms with Crippen molar-refractivity contribution in [1.29, 1.82) is 0 Å². The quantitative estimate of drug-likeness (QED) is 0.883. The molecule has 1 aromatic carbocycles. The second-order valence-electron chi connectivity index (χ2n) is 5.70. The first-order chi connectivity index (χ1) is 10.9. The van der Waals surface area contributed by atoms with E-state index in [2.05, 4.69) is 0 Å². The van der Waals surface area contributed by atoms with E-state index in [1.807, 2.05) is 41.8 Å². The Morgan fingerprint density at radius 3 is 2.52 bits per heavy atom. The summed E-state index contributed by atoms with van der Waals surface area (Å²) >= 11 is 1.62. The molecular formula is C16H17F2N3OS. The molecular weight excluding hydrogens is 320 g/mol. The lowest BCUT2D eigenvalue weighted by Crippen LogP contribution is -2.62. The number of carbonyl (C=O) groups excluding carboxylic acids is 1. The van der Waals surface area contributed by atoms with Gasteiger partial charge in [0.2, 0.25) is 0 Å². The van der Waals surface area contributed by atoms with E-state index in [1.54, 1.807) is 11.3 Å². The number of primary amides is 1. The Hall–Kier alpha value is -1.99. The third-order valence-electron chi connectivity index (χ3n) is 4.17. The molecule has 0 aliphatic carbocycles. The third kappa shape index (κ3) is 3.07. The maximum atomic E-state index is 14.1. The minimum absolute atomic E-state index is 0.102. The zero-order chi connectivity index (χ0) is 16.6. The van der Waals surface area contributed by atoms with Gasteiger partial charge in [0, 0.05) is 23.8 Å². The van der Waals surface area contributed by atoms with Gasteiger partial charge >= 0.3 is 6.03 Å². The second-order valence-corrected chi connectivity index (χ2v) is 6.64. The first kappa shape index (κ1) is 15.9. The number of nitrogens with zero attached hydrogens (tertiary/aromatic N) is 1. The summed E-state index contributed by atoms with van der Waals surface area (Å²) in [6, 6.07) is 10.5. The standard InChI is InChI=1S/C16H17F2N3OS/c17-16(18)8-12(9-21(14(16)19)15(20)22)10-3-5-11(6-4-10)13-2-1-7-23-13/h1-7,12,14H,8-9,19H2,(H2,20,22). The molecule has 0 bridgehead atoms. The van der Waals surface area contributed by atoms with Crippen LogP contribution in [0.3, 0.4) is 0 Å². The monoisotopic (exact) mass is 337 g/mol. The highest BCUT2D eigenvalue weighted by Gasteiger charge is 2.49. The minimum Gasteiger partial charge on any atom is -0.351 e. The van der Waals surface area contributed by atoms with Gasteiger partial charge in [-0.3, -0.25) is 0 Å². The Morgan fingerprint density at radius 1 is 1.26 bits per heavy atom. The van der Waals surface area contributed by atoms with Gasteiger partial charge in [-0.05, 0) is 22.6 Å². The summed E-state index contributed by atoms with van der Waals surface area (Å²) in [7, 11) is 0. The molecule has 1 aliphatic rings. The molecule has 2 unspecified atom stereocenters. The van der Waals surface area contributed by atoms with Crippen molar-refractivity contribution in [1.82, 2.24) is 4.90 Å². The van der Waals surface area contributed by atoms with Crippen molar-refractivity contribution in [2.45, 2.75) is 24.4 Å². The van der Waals surface area contributed by atoms with Crippen LogP contribution < -0.4 is 11.5 Å². The van der Waals surface area contributed by atoms with Gasteiger partial charge in [-0.2, -0.15) is 0 Å². The number of hydrogen-bond acceptors (Lipinski definition) is 3. The Balaban J connectivity index is 1.85. The minimum atomic E-state index is -3.16. The van der Waals surface area contributed by atoms with Crippen molar-refractivity contribution < 1.29 is 13.6 Å². The molecule has 1 aromatic heterocycles. The molecule has 2 aromatic rings. The van der Waals surface area contributed by atoms with Crippen molar-refractivity contribution in [3.05, 3.63) is 47.3 Å². The highest BCUT2D eigenvalue weighted by molar-refractivity contribution is 7.13. The first-order valence-electron chi connectivity index (χ1n) is 7.22. The summed E-state index contributed by atoms with van der Waals surface area (Å²) in [6.07, 6.45) is -2.06. The fourth-order valence-electron chi connectivity index (χ4n) is 2.91. The van der Waals surface area contributed by atoms with E-state index in [0.717, 1.165) is 20.9 Å². The number of carbonyl (C=O) groups is 1. The molecule has 3 rings (SSSR count). The van der Waals surface area contributed by atoms with E-state index in [0.29, 0.717) is 0 Å². The normalized spacial score (nSPS) is 23.7. The number of rotatable bonds is 2. The molecule has 122 valence electrons. The van der Waals surface area contributed by atoms with Crippen LogP contribution in [0.25, 0.3) is 10.4 Å². The van der Waals surface area contributed by atoms with E-state index in [-0.39, 0.29) is 6.54 Å². The molecule has 0 spiro atoms. The van der Waals surface area contributed by atoms with Crippen LogP contribution in [0.1, 0.15) is 17.9 Å². The van der Waals surface area contributed by atoms with Crippen LogP contribution in [0.15, 0.2) is 41.8 Å². The van der Waals surface area contributed by atoms with Gasteiger partial charge < -0.3 is 16.4 Å². The first-order valence-corrected chi connectivity index (χ1v) is 8.10. The molecule has 1 saturated heterocycles. The lowest BCUT2D eigenvalue weighted by molar-refractivity contribution is -0.102. The van der Waals surface area contributed by atoms with Crippen LogP contribution in [0.5, 0.6) is 0 Å². The van der Waals surface area contributed by atoms with E-state index < -0.39 is 30.5 Å². The molecule has 23 heavy (non-hydrogen) atoms. The molecule has 4 nitrogen and oxygen atoms in total. The van der Waals surface area contributed by atoms with Crippen molar-refractivity contribution in [3.63, 3.8) is 0 Å². The number of hydrogen-bond donors (Lipinski definition) is 2. The molecule has 2 atom stereocenters. The Bertz CT molecular complexity index is 688. The van der Waals surface area contributed by atoms with Crippen LogP contribution >= 0.6 is 11.3 Å². The number of likely N-dealkylation sites (tertiary alicyclic amines) is 1. The van der Waals surface area contributed by atoms with Crippen molar-refractivity contribution in [2.75, 3.05) is 6.54 Å². The average molecular weight is 337 g/mol. The van der Waals surface area contributed by atoms with Crippen LogP contribution in [0.2, 0.25) is 0 Å². The molecule has 2 heterocycles. The molecule has 2 amide bonds. The average Bonchev–Trinajstić information content (AvgIpc) is 3.04. The molecule has 7 heteroatoms. The number of alkyl halides is 2. The number of thiophene rings is 1. The fraction of sp³-hybridized carbons (Fsp3) is 0.312. The van der Waals surface area contributed by atoms with Gasteiger partial charge in [-0.15, -0.1) is 11.3 Å². The summed E-state index contributed by atoms with van der Waals surface area (Å²) in [5.41, 5.74) is 12.4. The van der Waals surface area contributed by atoms with Crippen LogP contribution in [0, 0.1) is 0 Å². The number of benzene rings is 1. The summed E-state index contributed by atoms with van der Waals surface area (Å²) in [6.45, 7) is 0.102. The van der Waals surface area contributed by atoms with Gasteiger partial charge in [-0.25, -0.2) is 13.6 Å². The summed E-state index contributed by atoms with van der Waals surface area (Å²) in [4.78, 5) is 13.3. The van der Waals surface area contributed by atoms with Gasteiger partial charge in [-0.1, -0.05) is 30.3 Å². The Morgan fingerprint density at radius 2 is 1.96 bits per heavy atom. The van der Waals surface area contributed by atoms with E-state index in [9.17, 15) is 13.6 Å². The van der Waals surface area contributed by atoms with E-state index in [4.69, 9.17) is 11.5 Å². The van der Waals surface area contributed by atoms with Crippen LogP contribution in [0.4, 0.5) is 13.6 Å². The molecule has 0 saturated carbocycles. The third-order valence-corrected chi connectivity index (χ3v) is 5.09. The zero-order valence-corrected chi connectivity index (χ0v) is 13.1. The lowest BCUT2D eigenvalue weighted by atomic mass is 9.87. The Kier molecular flexibility index (Phi) is 4.08. The number of halogens is 2. The largest absolute Gasteiger partial charge is 0.351 e. The topological polar surface area (TPSA) is 72.4 Å². The summed E-state index contributed by atoms with van der Waals surface area (Å²) < 4.78 is 28.1. The number of amides is 2. The highest BCUT2D eigenvalue weighted by Crippen LogP contribution is 2.39. The lowest BCUT2D eigenvalue weighted by Gasteiger charge is -2.41.